The lowest BCUT2D eigenvalue weighted by atomic mass is 10.1. The van der Waals surface area contributed by atoms with Crippen molar-refractivity contribution in [3.63, 3.8) is 0 Å². The minimum Gasteiger partial charge on any atom is -0.391 e. The molecule has 0 bridgehead atoms. The number of hydrogen-bond acceptors (Lipinski definition) is 2. The fraction of sp³-hybridized carbons (Fsp3) is 0.400. The molecule has 1 heterocycles. The minimum atomic E-state index is -0.208. The van der Waals surface area contributed by atoms with Gasteiger partial charge in [-0.15, -0.1) is 0 Å². The highest BCUT2D eigenvalue weighted by molar-refractivity contribution is 5.80. The first-order valence-corrected chi connectivity index (χ1v) is 6.27. The van der Waals surface area contributed by atoms with Crippen LogP contribution in [0.15, 0.2) is 29.1 Å². The van der Waals surface area contributed by atoms with E-state index in [1.165, 1.54) is 0 Å². The lowest BCUT2D eigenvalue weighted by Crippen LogP contribution is -2.26. The molecule has 0 aliphatic carbocycles. The molecule has 0 spiro atoms. The molecular formula is C15H19NO2. The Morgan fingerprint density at radius 1 is 1.28 bits per heavy atom. The van der Waals surface area contributed by atoms with Crippen LogP contribution in [0.4, 0.5) is 0 Å². The molecule has 96 valence electrons. The predicted molar refractivity (Wildman–Crippen MR) is 73.7 cm³/mol. The van der Waals surface area contributed by atoms with Gasteiger partial charge in [0, 0.05) is 12.1 Å². The van der Waals surface area contributed by atoms with Crippen LogP contribution in [0.25, 0.3) is 10.9 Å². The van der Waals surface area contributed by atoms with E-state index in [0.717, 1.165) is 16.5 Å². The molecule has 0 aliphatic rings. The van der Waals surface area contributed by atoms with Gasteiger partial charge in [0.1, 0.15) is 0 Å². The van der Waals surface area contributed by atoms with E-state index in [0.29, 0.717) is 18.0 Å². The van der Waals surface area contributed by atoms with Crippen LogP contribution in [0.2, 0.25) is 0 Å². The topological polar surface area (TPSA) is 42.2 Å². The molecule has 0 fully saturated rings. The van der Waals surface area contributed by atoms with Crippen molar-refractivity contribution in [2.45, 2.75) is 33.9 Å². The highest BCUT2D eigenvalue weighted by atomic mass is 16.3. The third kappa shape index (κ3) is 2.31. The van der Waals surface area contributed by atoms with E-state index < -0.39 is 0 Å². The fourth-order valence-electron chi connectivity index (χ4n) is 2.23. The number of fused-ring (bicyclic) bond motifs is 1. The van der Waals surface area contributed by atoms with Crippen molar-refractivity contribution >= 4 is 10.9 Å². The van der Waals surface area contributed by atoms with Crippen molar-refractivity contribution in [2.24, 2.45) is 5.92 Å². The summed E-state index contributed by atoms with van der Waals surface area (Å²) >= 11 is 0. The molecule has 0 unspecified atom stereocenters. The second kappa shape index (κ2) is 4.94. The van der Waals surface area contributed by atoms with Gasteiger partial charge in [0.2, 0.25) is 0 Å². The molecule has 2 rings (SSSR count). The van der Waals surface area contributed by atoms with Gasteiger partial charge in [0.05, 0.1) is 12.1 Å². The first-order valence-electron chi connectivity index (χ1n) is 6.27. The number of aliphatic hydroxyl groups is 1. The van der Waals surface area contributed by atoms with Crippen LogP contribution in [0, 0.1) is 12.8 Å². The van der Waals surface area contributed by atoms with Crippen molar-refractivity contribution in [1.29, 1.82) is 0 Å². The zero-order valence-corrected chi connectivity index (χ0v) is 11.1. The van der Waals surface area contributed by atoms with Crippen molar-refractivity contribution in [3.05, 3.63) is 45.7 Å². The summed E-state index contributed by atoms with van der Waals surface area (Å²) in [6.07, 6.45) is 0. The number of aromatic nitrogens is 1. The number of hydrogen-bond donors (Lipinski definition) is 1. The maximum absolute atomic E-state index is 12.2. The Hall–Kier alpha value is -1.61. The maximum Gasteiger partial charge on any atom is 0.256 e. The number of aliphatic hydroxyl groups excluding tert-OH is 1. The van der Waals surface area contributed by atoms with Gasteiger partial charge in [-0.05, 0) is 36.4 Å². The maximum atomic E-state index is 12.2. The van der Waals surface area contributed by atoms with Gasteiger partial charge in [0.25, 0.3) is 5.56 Å². The quantitative estimate of drug-likeness (QED) is 0.902. The summed E-state index contributed by atoms with van der Waals surface area (Å²) in [6.45, 7) is 6.65. The Morgan fingerprint density at radius 2 is 2.00 bits per heavy atom. The van der Waals surface area contributed by atoms with E-state index in [2.05, 4.69) is 13.8 Å². The molecule has 3 heteroatoms. The lowest BCUT2D eigenvalue weighted by molar-refractivity contribution is 0.279. The fourth-order valence-corrected chi connectivity index (χ4v) is 2.23. The Labute approximate surface area is 107 Å². The first kappa shape index (κ1) is 12.8. The predicted octanol–water partition coefficient (Wildman–Crippen LogP) is 2.46. The second-order valence-electron chi connectivity index (χ2n) is 5.20. The van der Waals surface area contributed by atoms with Gasteiger partial charge in [-0.3, -0.25) is 4.79 Å². The van der Waals surface area contributed by atoms with Crippen LogP contribution < -0.4 is 5.56 Å². The van der Waals surface area contributed by atoms with Gasteiger partial charge in [-0.2, -0.15) is 0 Å². The molecule has 3 nitrogen and oxygen atoms in total. The summed E-state index contributed by atoms with van der Waals surface area (Å²) in [5, 5.41) is 10.3. The zero-order chi connectivity index (χ0) is 13.3. The van der Waals surface area contributed by atoms with Crippen molar-refractivity contribution < 1.29 is 5.11 Å². The van der Waals surface area contributed by atoms with Crippen LogP contribution in [-0.4, -0.2) is 9.67 Å². The SMILES string of the molecule is Cc1ccc2c(c1)cc(CO)c(=O)n2CC(C)C. The molecule has 1 aromatic carbocycles. The number of benzene rings is 1. The Kier molecular flexibility index (Phi) is 3.53. The first-order chi connectivity index (χ1) is 8.52. The molecule has 2 aromatic rings. The van der Waals surface area contributed by atoms with Gasteiger partial charge in [0.15, 0.2) is 0 Å². The molecule has 0 atom stereocenters. The molecule has 1 aromatic heterocycles. The highest BCUT2D eigenvalue weighted by Crippen LogP contribution is 2.17. The standard InChI is InChI=1S/C15H19NO2/c1-10(2)8-16-14-5-4-11(3)6-12(14)7-13(9-17)15(16)18/h4-7,10,17H,8-9H2,1-3H3. The van der Waals surface area contributed by atoms with Gasteiger partial charge >= 0.3 is 0 Å². The van der Waals surface area contributed by atoms with Gasteiger partial charge < -0.3 is 9.67 Å². The average Bonchev–Trinajstić information content (AvgIpc) is 2.31. The summed E-state index contributed by atoms with van der Waals surface area (Å²) in [4.78, 5) is 12.2. The minimum absolute atomic E-state index is 0.0810. The van der Waals surface area contributed by atoms with Crippen LogP contribution in [0.1, 0.15) is 25.0 Å². The normalized spacial score (nSPS) is 11.4. The van der Waals surface area contributed by atoms with Crippen molar-refractivity contribution in [2.75, 3.05) is 0 Å². The van der Waals surface area contributed by atoms with E-state index >= 15 is 0 Å². The van der Waals surface area contributed by atoms with Crippen molar-refractivity contribution in [3.8, 4) is 0 Å². The second-order valence-corrected chi connectivity index (χ2v) is 5.20. The van der Waals surface area contributed by atoms with E-state index in [1.54, 1.807) is 10.6 Å². The van der Waals surface area contributed by atoms with E-state index in [4.69, 9.17) is 0 Å². The molecule has 1 N–H and O–H groups in total. The molecule has 0 radical (unpaired) electrons. The molecule has 0 saturated heterocycles. The summed E-state index contributed by atoms with van der Waals surface area (Å²) in [6, 6.07) is 7.83. The van der Waals surface area contributed by atoms with Gasteiger partial charge in [-0.25, -0.2) is 0 Å². The van der Waals surface area contributed by atoms with Crippen LogP contribution >= 0.6 is 0 Å². The van der Waals surface area contributed by atoms with E-state index in [-0.39, 0.29) is 12.2 Å². The number of aryl methyl sites for hydroxylation is 1. The van der Waals surface area contributed by atoms with Crippen LogP contribution in [0.5, 0.6) is 0 Å². The summed E-state index contributed by atoms with van der Waals surface area (Å²) in [5.41, 5.74) is 2.48. The van der Waals surface area contributed by atoms with E-state index in [9.17, 15) is 9.90 Å². The molecular weight excluding hydrogens is 226 g/mol. The number of nitrogens with zero attached hydrogens (tertiary/aromatic N) is 1. The Bertz CT molecular complexity index is 626. The molecule has 18 heavy (non-hydrogen) atoms. The Morgan fingerprint density at radius 3 is 2.61 bits per heavy atom. The molecule has 0 amide bonds. The summed E-state index contributed by atoms with van der Waals surface area (Å²) < 4.78 is 1.77. The smallest absolute Gasteiger partial charge is 0.256 e. The average molecular weight is 245 g/mol. The van der Waals surface area contributed by atoms with Crippen LogP contribution in [0.3, 0.4) is 0 Å². The Balaban J connectivity index is 2.78. The third-order valence-corrected chi connectivity index (χ3v) is 3.04. The number of rotatable bonds is 3. The highest BCUT2D eigenvalue weighted by Gasteiger charge is 2.09. The lowest BCUT2D eigenvalue weighted by Gasteiger charge is -2.14. The largest absolute Gasteiger partial charge is 0.391 e. The summed E-state index contributed by atoms with van der Waals surface area (Å²) in [5.74, 6) is 0.390. The van der Waals surface area contributed by atoms with Crippen LogP contribution in [-0.2, 0) is 13.2 Å². The monoisotopic (exact) mass is 245 g/mol. The zero-order valence-electron chi connectivity index (χ0n) is 11.1. The van der Waals surface area contributed by atoms with Crippen molar-refractivity contribution in [1.82, 2.24) is 4.57 Å². The molecule has 0 aliphatic heterocycles. The summed E-state index contributed by atoms with van der Waals surface area (Å²) in [7, 11) is 0. The van der Waals surface area contributed by atoms with Gasteiger partial charge in [-0.1, -0.05) is 25.5 Å². The molecule has 0 saturated carbocycles. The van der Waals surface area contributed by atoms with E-state index in [1.807, 2.05) is 25.1 Å². The third-order valence-electron chi connectivity index (χ3n) is 3.04. The number of pyridine rings is 1.